The molecule has 110 valence electrons. The summed E-state index contributed by atoms with van der Waals surface area (Å²) in [6, 6.07) is 5.02. The highest BCUT2D eigenvalue weighted by Crippen LogP contribution is 2.26. The van der Waals surface area contributed by atoms with E-state index < -0.39 is 10.0 Å². The highest BCUT2D eigenvalue weighted by Gasteiger charge is 2.12. The first kappa shape index (κ1) is 16.3. The van der Waals surface area contributed by atoms with E-state index in [-0.39, 0.29) is 12.4 Å². The molecule has 0 unspecified atom stereocenters. The molecule has 0 spiro atoms. The van der Waals surface area contributed by atoms with Crippen molar-refractivity contribution in [3.8, 4) is 17.6 Å². The fourth-order valence-electron chi connectivity index (χ4n) is 1.57. The maximum Gasteiger partial charge on any atom is 0.232 e. The minimum atomic E-state index is -3.38. The second-order valence-electron chi connectivity index (χ2n) is 4.11. The lowest BCUT2D eigenvalue weighted by Crippen LogP contribution is -2.16. The van der Waals surface area contributed by atoms with Gasteiger partial charge in [-0.3, -0.25) is 4.72 Å². The number of nitrogens with one attached hydrogen (secondary N) is 1. The van der Waals surface area contributed by atoms with Crippen LogP contribution >= 0.6 is 0 Å². The Hall–Kier alpha value is -1.71. The van der Waals surface area contributed by atoms with Crippen LogP contribution in [0.3, 0.4) is 0 Å². The molecule has 2 N–H and O–H groups in total. The molecule has 0 bridgehead atoms. The number of methoxy groups -OCH3 is 1. The molecule has 0 amide bonds. The zero-order valence-electron chi connectivity index (χ0n) is 11.6. The van der Waals surface area contributed by atoms with Crippen molar-refractivity contribution < 1.29 is 18.3 Å². The summed E-state index contributed by atoms with van der Waals surface area (Å²) in [5, 5.41) is 8.68. The summed E-state index contributed by atoms with van der Waals surface area (Å²) in [4.78, 5) is 0. The molecule has 0 fully saturated rings. The van der Waals surface area contributed by atoms with Crippen molar-refractivity contribution in [3.05, 3.63) is 23.8 Å². The van der Waals surface area contributed by atoms with Crippen LogP contribution in [0.25, 0.3) is 0 Å². The van der Waals surface area contributed by atoms with Crippen LogP contribution < -0.4 is 9.46 Å². The third-order valence-corrected chi connectivity index (χ3v) is 3.88. The normalized spacial score (nSPS) is 10.6. The minimum absolute atomic E-state index is 0.000852. The maximum absolute atomic E-state index is 11.8. The van der Waals surface area contributed by atoms with Crippen LogP contribution in [0.1, 0.15) is 25.3 Å². The third-order valence-electron chi connectivity index (χ3n) is 2.41. The van der Waals surface area contributed by atoms with E-state index in [4.69, 9.17) is 9.84 Å². The van der Waals surface area contributed by atoms with Crippen molar-refractivity contribution in [1.82, 2.24) is 0 Å². The average molecular weight is 297 g/mol. The average Bonchev–Trinajstić information content (AvgIpc) is 2.39. The van der Waals surface area contributed by atoms with Gasteiger partial charge in [-0.1, -0.05) is 18.8 Å². The number of aliphatic hydroxyl groups is 1. The number of sulfonamides is 1. The zero-order valence-corrected chi connectivity index (χ0v) is 12.5. The summed E-state index contributed by atoms with van der Waals surface area (Å²) in [6.45, 7) is 1.80. The lowest BCUT2D eigenvalue weighted by atomic mass is 10.2. The van der Waals surface area contributed by atoms with E-state index in [1.165, 1.54) is 7.11 Å². The molecule has 0 radical (unpaired) electrons. The van der Waals surface area contributed by atoms with E-state index in [1.807, 2.05) is 0 Å². The van der Waals surface area contributed by atoms with Crippen molar-refractivity contribution in [2.45, 2.75) is 19.8 Å². The SMILES string of the molecule is CCCS(=O)(=O)Nc1cc(C#CCCO)ccc1OC. The highest BCUT2D eigenvalue weighted by atomic mass is 32.2. The van der Waals surface area contributed by atoms with Gasteiger partial charge >= 0.3 is 0 Å². The van der Waals surface area contributed by atoms with E-state index in [9.17, 15) is 8.42 Å². The minimum Gasteiger partial charge on any atom is -0.495 e. The Morgan fingerprint density at radius 1 is 1.40 bits per heavy atom. The number of rotatable bonds is 6. The largest absolute Gasteiger partial charge is 0.495 e. The number of benzene rings is 1. The van der Waals surface area contributed by atoms with Crippen LogP contribution in [-0.4, -0.2) is 33.0 Å². The molecule has 6 heteroatoms. The molecule has 0 aromatic heterocycles. The summed E-state index contributed by atoms with van der Waals surface area (Å²) in [5.74, 6) is 6.13. The molecule has 0 aliphatic carbocycles. The second kappa shape index (κ2) is 7.78. The Bertz CT molecular complexity index is 599. The summed E-state index contributed by atoms with van der Waals surface area (Å²) in [7, 11) is -1.90. The van der Waals surface area contributed by atoms with Crippen molar-refractivity contribution in [2.24, 2.45) is 0 Å². The predicted molar refractivity (Wildman–Crippen MR) is 79.3 cm³/mol. The molecule has 0 heterocycles. The van der Waals surface area contributed by atoms with Crippen molar-refractivity contribution >= 4 is 15.7 Å². The first-order chi connectivity index (χ1) is 9.52. The number of hydrogen-bond acceptors (Lipinski definition) is 4. The van der Waals surface area contributed by atoms with Gasteiger partial charge in [0.2, 0.25) is 10.0 Å². The quantitative estimate of drug-likeness (QED) is 0.782. The smallest absolute Gasteiger partial charge is 0.232 e. The van der Waals surface area contributed by atoms with Gasteiger partial charge in [0.25, 0.3) is 0 Å². The van der Waals surface area contributed by atoms with Gasteiger partial charge in [0.15, 0.2) is 0 Å². The Balaban J connectivity index is 3.04. The molecule has 0 atom stereocenters. The first-order valence-electron chi connectivity index (χ1n) is 6.30. The van der Waals surface area contributed by atoms with E-state index >= 15 is 0 Å². The van der Waals surface area contributed by atoms with Crippen LogP contribution in [0.4, 0.5) is 5.69 Å². The van der Waals surface area contributed by atoms with E-state index in [0.717, 1.165) is 0 Å². The van der Waals surface area contributed by atoms with Gasteiger partial charge in [-0.15, -0.1) is 0 Å². The molecule has 1 rings (SSSR count). The van der Waals surface area contributed by atoms with E-state index in [0.29, 0.717) is 29.8 Å². The molecule has 1 aromatic rings. The van der Waals surface area contributed by atoms with Gasteiger partial charge in [0.05, 0.1) is 25.2 Å². The van der Waals surface area contributed by atoms with Crippen molar-refractivity contribution in [3.63, 3.8) is 0 Å². The van der Waals surface area contributed by atoms with Gasteiger partial charge < -0.3 is 9.84 Å². The van der Waals surface area contributed by atoms with Crippen LogP contribution in [0.5, 0.6) is 5.75 Å². The van der Waals surface area contributed by atoms with E-state index in [1.54, 1.807) is 25.1 Å². The van der Waals surface area contributed by atoms with Crippen LogP contribution in [0, 0.1) is 11.8 Å². The van der Waals surface area contributed by atoms with Gasteiger partial charge in [-0.25, -0.2) is 8.42 Å². The predicted octanol–water partition coefficient (Wildman–Crippen LogP) is 1.58. The van der Waals surface area contributed by atoms with Crippen molar-refractivity contribution in [2.75, 3.05) is 24.2 Å². The van der Waals surface area contributed by atoms with Crippen LogP contribution in [0.2, 0.25) is 0 Å². The number of hydrogen-bond donors (Lipinski definition) is 2. The fourth-order valence-corrected chi connectivity index (χ4v) is 2.71. The van der Waals surface area contributed by atoms with Crippen LogP contribution in [0.15, 0.2) is 18.2 Å². The summed E-state index contributed by atoms with van der Waals surface area (Å²) < 4.78 is 31.2. The van der Waals surface area contributed by atoms with Gasteiger partial charge in [-0.2, -0.15) is 0 Å². The van der Waals surface area contributed by atoms with Gasteiger partial charge in [0.1, 0.15) is 5.75 Å². The van der Waals surface area contributed by atoms with Gasteiger partial charge in [-0.05, 0) is 24.6 Å². The van der Waals surface area contributed by atoms with Crippen molar-refractivity contribution in [1.29, 1.82) is 0 Å². The van der Waals surface area contributed by atoms with Crippen LogP contribution in [-0.2, 0) is 10.0 Å². The molecule has 0 saturated heterocycles. The Morgan fingerprint density at radius 3 is 2.75 bits per heavy atom. The Morgan fingerprint density at radius 2 is 2.15 bits per heavy atom. The Labute approximate surface area is 120 Å². The molecular formula is C14H19NO4S. The zero-order chi connectivity index (χ0) is 15.0. The lowest BCUT2D eigenvalue weighted by molar-refractivity contribution is 0.305. The first-order valence-corrected chi connectivity index (χ1v) is 7.96. The molecule has 0 aliphatic heterocycles. The summed E-state index contributed by atoms with van der Waals surface area (Å²) >= 11 is 0. The molecule has 20 heavy (non-hydrogen) atoms. The standard InChI is InChI=1S/C14H19NO4S/c1-3-10-20(17,18)15-13-11-12(6-4-5-9-16)7-8-14(13)19-2/h7-8,11,15-16H,3,5,9-10H2,1-2H3. The second-order valence-corrected chi connectivity index (χ2v) is 5.95. The molecular weight excluding hydrogens is 278 g/mol. The third kappa shape index (κ3) is 5.11. The fraction of sp³-hybridized carbons (Fsp3) is 0.429. The molecule has 0 saturated carbocycles. The highest BCUT2D eigenvalue weighted by molar-refractivity contribution is 7.92. The lowest BCUT2D eigenvalue weighted by Gasteiger charge is -2.11. The van der Waals surface area contributed by atoms with E-state index in [2.05, 4.69) is 16.6 Å². The number of anilines is 1. The Kier molecular flexibility index (Phi) is 6.36. The molecule has 0 aliphatic rings. The topological polar surface area (TPSA) is 75.6 Å². The molecule has 1 aromatic carbocycles. The number of ether oxygens (including phenoxy) is 1. The maximum atomic E-state index is 11.8. The summed E-state index contributed by atoms with van der Waals surface area (Å²) in [6.07, 6.45) is 0.913. The van der Waals surface area contributed by atoms with Gasteiger partial charge in [0, 0.05) is 12.0 Å². The molecule has 5 nitrogen and oxygen atoms in total. The number of aliphatic hydroxyl groups excluding tert-OH is 1. The monoisotopic (exact) mass is 297 g/mol. The summed E-state index contributed by atoms with van der Waals surface area (Å²) in [5.41, 5.74) is 1.03.